The molecule has 0 aliphatic rings. The molecule has 146 valence electrons. The molecule has 0 spiro atoms. The van der Waals surface area contributed by atoms with E-state index >= 15 is 0 Å². The molecule has 1 amide bonds. The van der Waals surface area contributed by atoms with Gasteiger partial charge in [-0.15, -0.1) is 0 Å². The first-order chi connectivity index (χ1) is 13.2. The van der Waals surface area contributed by atoms with Gasteiger partial charge in [0.15, 0.2) is 0 Å². The van der Waals surface area contributed by atoms with Crippen LogP contribution in [0.2, 0.25) is 0 Å². The molecule has 11 heteroatoms. The van der Waals surface area contributed by atoms with Gasteiger partial charge in [-0.2, -0.15) is 13.2 Å². The Bertz CT molecular complexity index is 1130. The van der Waals surface area contributed by atoms with Crippen LogP contribution >= 0.6 is 0 Å². The number of alkyl halides is 3. The van der Waals surface area contributed by atoms with Gasteiger partial charge in [0.2, 0.25) is 0 Å². The van der Waals surface area contributed by atoms with E-state index in [4.69, 9.17) is 4.42 Å². The second-order valence-corrected chi connectivity index (χ2v) is 5.62. The van der Waals surface area contributed by atoms with Crippen LogP contribution in [0.1, 0.15) is 21.7 Å². The number of hydrogen-bond donors (Lipinski definition) is 2. The molecule has 0 bridgehead atoms. The van der Waals surface area contributed by atoms with Crippen LogP contribution in [0.15, 0.2) is 56.8 Å². The number of H-pyrrole nitrogens is 1. The monoisotopic (exact) mass is 397 g/mol. The van der Waals surface area contributed by atoms with Crippen LogP contribution in [0.5, 0.6) is 0 Å². The van der Waals surface area contributed by atoms with Crippen molar-refractivity contribution in [3.05, 3.63) is 86.3 Å². The molecule has 3 rings (SSSR count). The molecule has 1 aromatic carbocycles. The van der Waals surface area contributed by atoms with Crippen LogP contribution in [0.3, 0.4) is 0 Å². The number of benzene rings is 1. The van der Waals surface area contributed by atoms with Crippen molar-refractivity contribution in [2.45, 2.75) is 12.7 Å². The van der Waals surface area contributed by atoms with Gasteiger partial charge in [0.25, 0.3) is 11.5 Å². The minimum Gasteiger partial charge on any atom is -0.467 e. The molecule has 0 atom stereocenters. The third-order valence-electron chi connectivity index (χ3n) is 3.73. The first-order valence-corrected chi connectivity index (χ1v) is 7.70. The van der Waals surface area contributed by atoms with Crippen molar-refractivity contribution in [3.63, 3.8) is 0 Å². The average molecular weight is 397 g/mol. The lowest BCUT2D eigenvalue weighted by atomic mass is 10.1. The minimum atomic E-state index is -4.96. The molecule has 0 aliphatic heterocycles. The zero-order chi connectivity index (χ0) is 20.5. The predicted octanol–water partition coefficient (Wildman–Crippen LogP) is 2.59. The molecule has 3 aromatic rings. The van der Waals surface area contributed by atoms with Crippen LogP contribution < -0.4 is 16.6 Å². The number of carbonyl (C=O) groups is 1. The Morgan fingerprint density at radius 1 is 1.21 bits per heavy atom. The summed E-state index contributed by atoms with van der Waals surface area (Å²) in [6.45, 7) is -0.253. The summed E-state index contributed by atoms with van der Waals surface area (Å²) < 4.78 is 57.4. The number of nitrogens with zero attached hydrogens (tertiary/aromatic N) is 1. The fourth-order valence-electron chi connectivity index (χ4n) is 2.39. The smallest absolute Gasteiger partial charge is 0.419 e. The van der Waals surface area contributed by atoms with Gasteiger partial charge < -0.3 is 14.7 Å². The lowest BCUT2D eigenvalue weighted by molar-refractivity contribution is -0.139. The number of hydrogen-bond acceptors (Lipinski definition) is 4. The van der Waals surface area contributed by atoms with Crippen molar-refractivity contribution in [2.75, 3.05) is 5.32 Å². The first kappa shape index (κ1) is 19.1. The fraction of sp³-hybridized carbons (Fsp3) is 0.118. The van der Waals surface area contributed by atoms with E-state index in [0.29, 0.717) is 16.7 Å². The normalized spacial score (nSPS) is 11.4. The minimum absolute atomic E-state index is 0.253. The molecule has 2 N–H and O–H groups in total. The van der Waals surface area contributed by atoms with Crippen LogP contribution in [-0.2, 0) is 12.7 Å². The molecule has 7 nitrogen and oxygen atoms in total. The number of amides is 1. The summed E-state index contributed by atoms with van der Waals surface area (Å²) >= 11 is 0. The van der Waals surface area contributed by atoms with Crippen LogP contribution in [0.4, 0.5) is 23.2 Å². The second kappa shape index (κ2) is 7.18. The summed E-state index contributed by atoms with van der Waals surface area (Å²) in [4.78, 5) is 38.8. The number of carbonyl (C=O) groups excluding carboxylic acids is 1. The maximum atomic E-state index is 13.3. The van der Waals surface area contributed by atoms with Crippen molar-refractivity contribution in [1.82, 2.24) is 9.55 Å². The summed E-state index contributed by atoms with van der Waals surface area (Å²) in [6, 6.07) is 4.91. The lowest BCUT2D eigenvalue weighted by Crippen LogP contribution is -2.39. The van der Waals surface area contributed by atoms with E-state index in [-0.39, 0.29) is 18.0 Å². The van der Waals surface area contributed by atoms with Crippen LogP contribution in [0, 0.1) is 5.82 Å². The van der Waals surface area contributed by atoms with E-state index < -0.39 is 40.3 Å². The third-order valence-corrected chi connectivity index (χ3v) is 3.73. The molecule has 2 aromatic heterocycles. The molecule has 28 heavy (non-hydrogen) atoms. The maximum Gasteiger partial charge on any atom is 0.419 e. The molecule has 0 saturated carbocycles. The number of furan rings is 1. The highest BCUT2D eigenvalue weighted by atomic mass is 19.4. The lowest BCUT2D eigenvalue weighted by Gasteiger charge is -2.11. The second-order valence-electron chi connectivity index (χ2n) is 5.62. The Hall–Kier alpha value is -3.63. The van der Waals surface area contributed by atoms with Gasteiger partial charge in [0, 0.05) is 11.9 Å². The van der Waals surface area contributed by atoms with Crippen molar-refractivity contribution in [1.29, 1.82) is 0 Å². The fourth-order valence-corrected chi connectivity index (χ4v) is 2.39. The van der Waals surface area contributed by atoms with Gasteiger partial charge in [-0.1, -0.05) is 0 Å². The van der Waals surface area contributed by atoms with Crippen LogP contribution in [-0.4, -0.2) is 15.5 Å². The van der Waals surface area contributed by atoms with Crippen molar-refractivity contribution < 1.29 is 26.8 Å². The standard InChI is InChI=1S/C17H11F4N3O4/c18-13-4-3-9(6-12(13)17(19,20)21)23-14(25)11-7-22-16(27)24(15(11)26)8-10-2-1-5-28-10/h1-7H,8H2,(H,22,27)(H,23,25). The molecule has 0 radical (unpaired) electrons. The summed E-state index contributed by atoms with van der Waals surface area (Å²) in [5.74, 6) is -2.30. The van der Waals surface area contributed by atoms with E-state index in [0.717, 1.165) is 12.3 Å². The number of rotatable bonds is 4. The van der Waals surface area contributed by atoms with Gasteiger partial charge in [-0.3, -0.25) is 14.2 Å². The number of aromatic nitrogens is 2. The number of nitrogens with one attached hydrogen (secondary N) is 2. The first-order valence-electron chi connectivity index (χ1n) is 7.70. The molecular formula is C17H11F4N3O4. The summed E-state index contributed by atoms with van der Waals surface area (Å²) in [5.41, 5.74) is -4.25. The Morgan fingerprint density at radius 2 is 1.96 bits per heavy atom. The highest BCUT2D eigenvalue weighted by molar-refractivity contribution is 6.03. The van der Waals surface area contributed by atoms with Crippen molar-refractivity contribution in [2.24, 2.45) is 0 Å². The van der Waals surface area contributed by atoms with Crippen molar-refractivity contribution >= 4 is 11.6 Å². The topological polar surface area (TPSA) is 97.1 Å². The van der Waals surface area contributed by atoms with Crippen LogP contribution in [0.25, 0.3) is 0 Å². The Morgan fingerprint density at radius 3 is 2.61 bits per heavy atom. The Kier molecular flexibility index (Phi) is 4.91. The van der Waals surface area contributed by atoms with E-state index in [1.807, 2.05) is 0 Å². The van der Waals surface area contributed by atoms with E-state index in [1.54, 1.807) is 0 Å². The SMILES string of the molecule is O=C(Nc1ccc(F)c(C(F)(F)F)c1)c1c[nH]c(=O)n(Cc2ccco2)c1=O. The summed E-state index contributed by atoms with van der Waals surface area (Å²) in [7, 11) is 0. The Labute approximate surface area is 153 Å². The number of anilines is 1. The van der Waals surface area contributed by atoms with E-state index in [9.17, 15) is 31.9 Å². The highest BCUT2D eigenvalue weighted by Gasteiger charge is 2.34. The largest absolute Gasteiger partial charge is 0.467 e. The average Bonchev–Trinajstić information content (AvgIpc) is 3.12. The number of halogens is 4. The molecule has 0 saturated heterocycles. The van der Waals surface area contributed by atoms with Gasteiger partial charge in [0.1, 0.15) is 17.1 Å². The van der Waals surface area contributed by atoms with Gasteiger partial charge in [-0.05, 0) is 30.3 Å². The van der Waals surface area contributed by atoms with Gasteiger partial charge in [0.05, 0.1) is 18.4 Å². The molecule has 2 heterocycles. The summed E-state index contributed by atoms with van der Waals surface area (Å²) in [6.07, 6.45) is -2.79. The Balaban J connectivity index is 1.92. The van der Waals surface area contributed by atoms with Crippen molar-refractivity contribution in [3.8, 4) is 0 Å². The molecular weight excluding hydrogens is 386 g/mol. The predicted molar refractivity (Wildman–Crippen MR) is 88.5 cm³/mol. The quantitative estimate of drug-likeness (QED) is 0.662. The van der Waals surface area contributed by atoms with Gasteiger partial charge in [-0.25, -0.2) is 9.18 Å². The molecule has 0 unspecified atom stereocenters. The maximum absolute atomic E-state index is 13.3. The summed E-state index contributed by atoms with van der Waals surface area (Å²) in [5, 5.41) is 2.08. The molecule has 0 fully saturated rings. The highest BCUT2D eigenvalue weighted by Crippen LogP contribution is 2.33. The third kappa shape index (κ3) is 3.87. The van der Waals surface area contributed by atoms with E-state index in [1.165, 1.54) is 18.4 Å². The van der Waals surface area contributed by atoms with E-state index in [2.05, 4.69) is 10.3 Å². The zero-order valence-electron chi connectivity index (χ0n) is 13.8. The number of aromatic amines is 1. The van der Waals surface area contributed by atoms with Gasteiger partial charge >= 0.3 is 11.9 Å². The molecule has 0 aliphatic carbocycles. The zero-order valence-corrected chi connectivity index (χ0v) is 13.8.